The van der Waals surface area contributed by atoms with E-state index in [1.54, 1.807) is 12.1 Å². The summed E-state index contributed by atoms with van der Waals surface area (Å²) in [4.78, 5) is 15.3. The van der Waals surface area contributed by atoms with Crippen molar-refractivity contribution < 1.29 is 9.76 Å². The number of non-ortho nitro benzene ring substituents is 1. The van der Waals surface area contributed by atoms with Crippen molar-refractivity contribution in [2.75, 3.05) is 5.88 Å². The average molecular weight is 244 g/mol. The second-order valence-corrected chi connectivity index (χ2v) is 3.64. The molecule has 0 amide bonds. The molecule has 0 bridgehead atoms. The average Bonchev–Trinajstić information content (AvgIpc) is 2.77. The number of nitrogens with one attached hydrogen (secondary N) is 2. The molecule has 6 nitrogen and oxygen atoms in total. The Labute approximate surface area is 96.6 Å². The van der Waals surface area contributed by atoms with Crippen molar-refractivity contribution in [2.24, 2.45) is 0 Å². The summed E-state index contributed by atoms with van der Waals surface area (Å²) in [5, 5.41) is 13.6. The van der Waals surface area contributed by atoms with Crippen LogP contribution in [-0.2, 0) is 4.84 Å². The first kappa shape index (κ1) is 11.3. The Morgan fingerprint density at radius 3 is 3.00 bits per heavy atom. The van der Waals surface area contributed by atoms with Crippen molar-refractivity contribution in [1.29, 1.82) is 0 Å². The molecule has 1 aliphatic heterocycles. The minimum absolute atomic E-state index is 0.0513. The van der Waals surface area contributed by atoms with E-state index >= 15 is 0 Å². The molecule has 0 aliphatic carbocycles. The van der Waals surface area contributed by atoms with Crippen LogP contribution in [0.2, 0.25) is 0 Å². The standard InChI is InChI=1S/C9H10ClN3O3/c10-5-8-11-9(12-16-8)6-2-1-3-7(4-6)13(14)15/h1-4,8-9,11-12H,5H2. The normalized spacial score (nSPS) is 24.6. The Morgan fingerprint density at radius 2 is 2.38 bits per heavy atom. The number of nitrogens with zero attached hydrogens (tertiary/aromatic N) is 1. The van der Waals surface area contributed by atoms with Crippen LogP contribution in [0.4, 0.5) is 5.69 Å². The molecule has 2 N–H and O–H groups in total. The first-order chi connectivity index (χ1) is 7.70. The minimum atomic E-state index is -0.432. The predicted molar refractivity (Wildman–Crippen MR) is 57.7 cm³/mol. The maximum atomic E-state index is 10.6. The lowest BCUT2D eigenvalue weighted by Gasteiger charge is -2.09. The van der Waals surface area contributed by atoms with Gasteiger partial charge >= 0.3 is 0 Å². The van der Waals surface area contributed by atoms with Crippen LogP contribution in [0.1, 0.15) is 11.7 Å². The van der Waals surface area contributed by atoms with Crippen molar-refractivity contribution >= 4 is 17.3 Å². The summed E-state index contributed by atoms with van der Waals surface area (Å²) in [6, 6.07) is 6.34. The fraction of sp³-hybridized carbons (Fsp3) is 0.333. The minimum Gasteiger partial charge on any atom is -0.280 e. The van der Waals surface area contributed by atoms with E-state index in [0.29, 0.717) is 5.88 Å². The predicted octanol–water partition coefficient (Wildman–Crippen LogP) is 1.28. The van der Waals surface area contributed by atoms with Crippen LogP contribution in [0.3, 0.4) is 0 Å². The van der Waals surface area contributed by atoms with E-state index in [-0.39, 0.29) is 18.1 Å². The number of hydroxylamine groups is 1. The third-order valence-corrected chi connectivity index (χ3v) is 2.52. The molecule has 0 spiro atoms. The van der Waals surface area contributed by atoms with E-state index in [0.717, 1.165) is 5.56 Å². The Balaban J connectivity index is 2.15. The van der Waals surface area contributed by atoms with Gasteiger partial charge in [-0.15, -0.1) is 11.6 Å². The van der Waals surface area contributed by atoms with Gasteiger partial charge in [0.2, 0.25) is 0 Å². The molecule has 1 saturated heterocycles. The van der Waals surface area contributed by atoms with E-state index in [2.05, 4.69) is 10.8 Å². The molecule has 2 unspecified atom stereocenters. The maximum Gasteiger partial charge on any atom is 0.269 e. The van der Waals surface area contributed by atoms with Crippen LogP contribution in [0.15, 0.2) is 24.3 Å². The number of hydrogen-bond donors (Lipinski definition) is 2. The zero-order chi connectivity index (χ0) is 11.5. The van der Waals surface area contributed by atoms with Gasteiger partial charge < -0.3 is 0 Å². The van der Waals surface area contributed by atoms with Gasteiger partial charge in [0.25, 0.3) is 5.69 Å². The molecule has 1 aromatic rings. The molecule has 1 heterocycles. The highest BCUT2D eigenvalue weighted by Crippen LogP contribution is 2.20. The van der Waals surface area contributed by atoms with E-state index < -0.39 is 4.92 Å². The lowest BCUT2D eigenvalue weighted by atomic mass is 10.1. The number of hydrogen-bond acceptors (Lipinski definition) is 5. The highest BCUT2D eigenvalue weighted by atomic mass is 35.5. The molecular weight excluding hydrogens is 234 g/mol. The third-order valence-electron chi connectivity index (χ3n) is 2.24. The summed E-state index contributed by atoms with van der Waals surface area (Å²) in [5.74, 6) is 0.304. The van der Waals surface area contributed by atoms with Crippen molar-refractivity contribution in [3.63, 3.8) is 0 Å². The summed E-state index contributed by atoms with van der Waals surface area (Å²) < 4.78 is 0. The van der Waals surface area contributed by atoms with Gasteiger partial charge in [-0.3, -0.25) is 20.3 Å². The number of halogens is 1. The van der Waals surface area contributed by atoms with Crippen LogP contribution in [0.5, 0.6) is 0 Å². The largest absolute Gasteiger partial charge is 0.280 e. The van der Waals surface area contributed by atoms with Crippen molar-refractivity contribution in [1.82, 2.24) is 10.8 Å². The van der Waals surface area contributed by atoms with Gasteiger partial charge in [0, 0.05) is 12.1 Å². The third kappa shape index (κ3) is 2.30. The number of nitro groups is 1. The van der Waals surface area contributed by atoms with Crippen LogP contribution >= 0.6 is 11.6 Å². The Kier molecular flexibility index (Phi) is 3.35. The zero-order valence-corrected chi connectivity index (χ0v) is 8.98. The molecule has 1 aliphatic rings. The number of alkyl halides is 1. The molecule has 7 heteroatoms. The number of rotatable bonds is 3. The van der Waals surface area contributed by atoms with Crippen LogP contribution in [-0.4, -0.2) is 17.0 Å². The molecule has 1 aromatic carbocycles. The number of nitro benzene ring substituents is 1. The highest BCUT2D eigenvalue weighted by Gasteiger charge is 2.25. The fourth-order valence-electron chi connectivity index (χ4n) is 1.46. The van der Waals surface area contributed by atoms with Crippen molar-refractivity contribution in [2.45, 2.75) is 12.4 Å². The monoisotopic (exact) mass is 243 g/mol. The first-order valence-electron chi connectivity index (χ1n) is 4.68. The van der Waals surface area contributed by atoms with Crippen molar-refractivity contribution in [3.8, 4) is 0 Å². The first-order valence-corrected chi connectivity index (χ1v) is 5.21. The lowest BCUT2D eigenvalue weighted by molar-refractivity contribution is -0.384. The second kappa shape index (κ2) is 4.75. The fourth-order valence-corrected chi connectivity index (χ4v) is 1.61. The molecule has 2 atom stereocenters. The molecule has 16 heavy (non-hydrogen) atoms. The van der Waals surface area contributed by atoms with Gasteiger partial charge in [-0.2, -0.15) is 5.48 Å². The quantitative estimate of drug-likeness (QED) is 0.475. The topological polar surface area (TPSA) is 76.4 Å². The van der Waals surface area contributed by atoms with Crippen LogP contribution in [0, 0.1) is 10.1 Å². The highest BCUT2D eigenvalue weighted by molar-refractivity contribution is 6.18. The SMILES string of the molecule is O=[N+]([O-])c1cccc(C2NOC(CCl)N2)c1. The van der Waals surface area contributed by atoms with Gasteiger partial charge in [0.1, 0.15) is 12.4 Å². The zero-order valence-electron chi connectivity index (χ0n) is 8.22. The second-order valence-electron chi connectivity index (χ2n) is 3.33. The van der Waals surface area contributed by atoms with Crippen LogP contribution in [0.25, 0.3) is 0 Å². The Bertz CT molecular complexity index is 401. The maximum absolute atomic E-state index is 10.6. The van der Waals surface area contributed by atoms with E-state index in [1.165, 1.54) is 12.1 Å². The molecule has 2 rings (SSSR count). The summed E-state index contributed by atoms with van der Waals surface area (Å²) in [6.07, 6.45) is -0.561. The number of benzene rings is 1. The summed E-state index contributed by atoms with van der Waals surface area (Å²) in [7, 11) is 0. The molecule has 86 valence electrons. The van der Waals surface area contributed by atoms with Gasteiger partial charge in [-0.1, -0.05) is 12.1 Å². The summed E-state index contributed by atoms with van der Waals surface area (Å²) in [5.41, 5.74) is 3.51. The summed E-state index contributed by atoms with van der Waals surface area (Å²) in [6.45, 7) is 0. The van der Waals surface area contributed by atoms with E-state index in [9.17, 15) is 10.1 Å². The Hall–Kier alpha value is -1.21. The van der Waals surface area contributed by atoms with Gasteiger partial charge in [0.05, 0.1) is 10.8 Å². The van der Waals surface area contributed by atoms with Crippen LogP contribution < -0.4 is 10.8 Å². The molecular formula is C9H10ClN3O3. The lowest BCUT2D eigenvalue weighted by Crippen LogP contribution is -2.27. The smallest absolute Gasteiger partial charge is 0.269 e. The molecule has 0 saturated carbocycles. The molecule has 1 fully saturated rings. The Morgan fingerprint density at radius 1 is 1.56 bits per heavy atom. The van der Waals surface area contributed by atoms with Crippen molar-refractivity contribution in [3.05, 3.63) is 39.9 Å². The van der Waals surface area contributed by atoms with Gasteiger partial charge in [0.15, 0.2) is 0 Å². The molecule has 0 radical (unpaired) electrons. The van der Waals surface area contributed by atoms with Gasteiger partial charge in [-0.05, 0) is 5.56 Å². The van der Waals surface area contributed by atoms with E-state index in [1.807, 2.05) is 0 Å². The van der Waals surface area contributed by atoms with E-state index in [4.69, 9.17) is 16.4 Å². The molecule has 0 aromatic heterocycles. The summed E-state index contributed by atoms with van der Waals surface area (Å²) >= 11 is 5.61. The van der Waals surface area contributed by atoms with Gasteiger partial charge in [-0.25, -0.2) is 0 Å².